The lowest BCUT2D eigenvalue weighted by Crippen LogP contribution is -2.15. The van der Waals surface area contributed by atoms with Crippen LogP contribution in [0.1, 0.15) is 19.4 Å². The van der Waals surface area contributed by atoms with E-state index in [9.17, 15) is 8.42 Å². The smallest absolute Gasteiger partial charge is 0.156 e. The maximum atomic E-state index is 11.9. The van der Waals surface area contributed by atoms with Gasteiger partial charge >= 0.3 is 0 Å². The van der Waals surface area contributed by atoms with Crippen LogP contribution in [0.15, 0.2) is 24.4 Å². The maximum Gasteiger partial charge on any atom is 0.156 e. The summed E-state index contributed by atoms with van der Waals surface area (Å²) in [6, 6.07) is 5.44. The number of H-pyrrole nitrogens is 1. The third kappa shape index (κ3) is 2.29. The second-order valence-electron chi connectivity index (χ2n) is 4.47. The molecule has 0 unspecified atom stereocenters. The Kier molecular flexibility index (Phi) is 2.87. The number of rotatable bonds is 3. The molecule has 5 heteroatoms. The summed E-state index contributed by atoms with van der Waals surface area (Å²) in [5.74, 6) is 0.0641. The van der Waals surface area contributed by atoms with Gasteiger partial charge in [-0.3, -0.25) is 0 Å². The fourth-order valence-corrected chi connectivity index (χ4v) is 2.71. The predicted molar refractivity (Wildman–Crippen MR) is 70.5 cm³/mol. The Morgan fingerprint density at radius 1 is 1.35 bits per heavy atom. The zero-order chi connectivity index (χ0) is 12.6. The SMILES string of the molecule is CC(C)S(=O)(=O)Cc1c[nH]c2cc(N)ccc12. The topological polar surface area (TPSA) is 76.0 Å². The third-order valence-corrected chi connectivity index (χ3v) is 5.02. The van der Waals surface area contributed by atoms with Crippen LogP contribution in [0.4, 0.5) is 5.69 Å². The van der Waals surface area contributed by atoms with E-state index in [1.807, 2.05) is 6.07 Å². The molecule has 4 nitrogen and oxygen atoms in total. The number of nitrogen functional groups attached to an aromatic ring is 1. The van der Waals surface area contributed by atoms with E-state index in [4.69, 9.17) is 5.73 Å². The summed E-state index contributed by atoms with van der Waals surface area (Å²) in [5.41, 5.74) is 8.01. The zero-order valence-corrected chi connectivity index (χ0v) is 10.7. The molecule has 0 atom stereocenters. The van der Waals surface area contributed by atoms with E-state index >= 15 is 0 Å². The number of sulfone groups is 1. The van der Waals surface area contributed by atoms with Crippen LogP contribution in [0.25, 0.3) is 10.9 Å². The largest absolute Gasteiger partial charge is 0.399 e. The lowest BCUT2D eigenvalue weighted by atomic mass is 10.2. The van der Waals surface area contributed by atoms with Crippen molar-refractivity contribution in [1.29, 1.82) is 0 Å². The molecule has 2 rings (SSSR count). The van der Waals surface area contributed by atoms with Gasteiger partial charge in [-0.25, -0.2) is 8.42 Å². The first-order chi connectivity index (χ1) is 7.90. The van der Waals surface area contributed by atoms with Crippen LogP contribution >= 0.6 is 0 Å². The van der Waals surface area contributed by atoms with Crippen molar-refractivity contribution >= 4 is 26.4 Å². The number of aromatic nitrogens is 1. The van der Waals surface area contributed by atoms with E-state index in [1.54, 1.807) is 32.2 Å². The van der Waals surface area contributed by atoms with E-state index in [0.29, 0.717) is 5.69 Å². The summed E-state index contributed by atoms with van der Waals surface area (Å²) in [4.78, 5) is 3.05. The number of hydrogen-bond acceptors (Lipinski definition) is 3. The minimum Gasteiger partial charge on any atom is -0.399 e. The van der Waals surface area contributed by atoms with Gasteiger partial charge in [-0.2, -0.15) is 0 Å². The van der Waals surface area contributed by atoms with Gasteiger partial charge in [0.1, 0.15) is 0 Å². The van der Waals surface area contributed by atoms with Gasteiger partial charge in [0, 0.05) is 22.8 Å². The highest BCUT2D eigenvalue weighted by atomic mass is 32.2. The van der Waals surface area contributed by atoms with Crippen molar-refractivity contribution in [2.45, 2.75) is 24.9 Å². The lowest BCUT2D eigenvalue weighted by Gasteiger charge is -2.06. The van der Waals surface area contributed by atoms with Crippen molar-refractivity contribution in [2.24, 2.45) is 0 Å². The standard InChI is InChI=1S/C12H16N2O2S/c1-8(2)17(15,16)7-9-6-14-12-5-10(13)3-4-11(9)12/h3-6,8,14H,7,13H2,1-2H3. The molecule has 3 N–H and O–H groups in total. The molecular weight excluding hydrogens is 236 g/mol. The Hall–Kier alpha value is -1.49. The first kappa shape index (κ1) is 12.0. The molecule has 0 saturated heterocycles. The molecule has 0 aliphatic heterocycles. The third-order valence-electron chi connectivity index (χ3n) is 2.87. The molecule has 0 aliphatic carbocycles. The molecule has 1 heterocycles. The van der Waals surface area contributed by atoms with Crippen LogP contribution in [0.5, 0.6) is 0 Å². The number of hydrogen-bond donors (Lipinski definition) is 2. The first-order valence-electron chi connectivity index (χ1n) is 5.47. The molecule has 17 heavy (non-hydrogen) atoms. The van der Waals surface area contributed by atoms with Crippen LogP contribution in [-0.4, -0.2) is 18.7 Å². The van der Waals surface area contributed by atoms with Gasteiger partial charge in [0.25, 0.3) is 0 Å². The highest BCUT2D eigenvalue weighted by Crippen LogP contribution is 2.23. The maximum absolute atomic E-state index is 11.9. The van der Waals surface area contributed by atoms with Gasteiger partial charge in [0.15, 0.2) is 9.84 Å². The second kappa shape index (κ2) is 4.07. The molecule has 2 aromatic rings. The molecule has 92 valence electrons. The molecule has 0 fully saturated rings. The molecular formula is C12H16N2O2S. The minimum atomic E-state index is -3.07. The Morgan fingerprint density at radius 2 is 2.06 bits per heavy atom. The van der Waals surface area contributed by atoms with Crippen LogP contribution in [0.3, 0.4) is 0 Å². The summed E-state index contributed by atoms with van der Waals surface area (Å²) in [6.07, 6.45) is 1.74. The predicted octanol–water partition coefficient (Wildman–Crippen LogP) is 2.07. The van der Waals surface area contributed by atoms with E-state index in [-0.39, 0.29) is 11.0 Å². The quantitative estimate of drug-likeness (QED) is 0.821. The number of nitrogens with one attached hydrogen (secondary N) is 1. The van der Waals surface area contributed by atoms with Gasteiger partial charge < -0.3 is 10.7 Å². The molecule has 0 saturated carbocycles. The second-order valence-corrected chi connectivity index (χ2v) is 7.03. The molecule has 1 aromatic carbocycles. The summed E-state index contributed by atoms with van der Waals surface area (Å²) in [7, 11) is -3.07. The number of benzene rings is 1. The zero-order valence-electron chi connectivity index (χ0n) is 9.90. The first-order valence-corrected chi connectivity index (χ1v) is 7.19. The number of anilines is 1. The van der Waals surface area contributed by atoms with E-state index in [0.717, 1.165) is 16.5 Å². The van der Waals surface area contributed by atoms with E-state index in [2.05, 4.69) is 4.98 Å². The molecule has 0 radical (unpaired) electrons. The van der Waals surface area contributed by atoms with Gasteiger partial charge in [-0.1, -0.05) is 6.07 Å². The number of nitrogens with two attached hydrogens (primary N) is 1. The summed E-state index contributed by atoms with van der Waals surface area (Å²) in [5, 5.41) is 0.560. The molecule has 0 spiro atoms. The molecule has 1 aromatic heterocycles. The van der Waals surface area contributed by atoms with Gasteiger partial charge in [0.05, 0.1) is 11.0 Å². The Labute approximate surface area is 101 Å². The van der Waals surface area contributed by atoms with Gasteiger partial charge in [-0.05, 0) is 31.5 Å². The number of fused-ring (bicyclic) bond motifs is 1. The monoisotopic (exact) mass is 252 g/mol. The van der Waals surface area contributed by atoms with E-state index < -0.39 is 9.84 Å². The fourth-order valence-electron chi connectivity index (χ4n) is 1.71. The highest BCUT2D eigenvalue weighted by molar-refractivity contribution is 7.91. The average molecular weight is 252 g/mol. The number of aromatic amines is 1. The van der Waals surface area contributed by atoms with E-state index in [1.165, 1.54) is 0 Å². The van der Waals surface area contributed by atoms with Crippen molar-refractivity contribution in [2.75, 3.05) is 5.73 Å². The summed E-state index contributed by atoms with van der Waals surface area (Å²) >= 11 is 0. The van der Waals surface area contributed by atoms with Crippen molar-refractivity contribution < 1.29 is 8.42 Å². The van der Waals surface area contributed by atoms with Gasteiger partial charge in [-0.15, -0.1) is 0 Å². The van der Waals surface area contributed by atoms with Crippen molar-refractivity contribution in [3.8, 4) is 0 Å². The molecule has 0 bridgehead atoms. The molecule has 0 amide bonds. The van der Waals surface area contributed by atoms with Crippen LogP contribution in [0.2, 0.25) is 0 Å². The average Bonchev–Trinajstić information content (AvgIpc) is 2.60. The lowest BCUT2D eigenvalue weighted by molar-refractivity contribution is 0.586. The van der Waals surface area contributed by atoms with Crippen LogP contribution in [-0.2, 0) is 15.6 Å². The Bertz CT molecular complexity index is 642. The highest BCUT2D eigenvalue weighted by Gasteiger charge is 2.18. The molecule has 0 aliphatic rings. The summed E-state index contributed by atoms with van der Waals surface area (Å²) in [6.45, 7) is 3.39. The normalized spacial score (nSPS) is 12.4. The van der Waals surface area contributed by atoms with Crippen LogP contribution < -0.4 is 5.73 Å². The van der Waals surface area contributed by atoms with Crippen molar-refractivity contribution in [1.82, 2.24) is 4.98 Å². The Morgan fingerprint density at radius 3 is 2.71 bits per heavy atom. The fraction of sp³-hybridized carbons (Fsp3) is 0.333. The van der Waals surface area contributed by atoms with Crippen molar-refractivity contribution in [3.05, 3.63) is 30.0 Å². The summed E-state index contributed by atoms with van der Waals surface area (Å²) < 4.78 is 23.7. The Balaban J connectivity index is 2.45. The van der Waals surface area contributed by atoms with Crippen molar-refractivity contribution in [3.63, 3.8) is 0 Å². The minimum absolute atomic E-state index is 0.0641. The van der Waals surface area contributed by atoms with Crippen LogP contribution in [0, 0.1) is 0 Å². The van der Waals surface area contributed by atoms with Gasteiger partial charge in [0.2, 0.25) is 0 Å².